The molecule has 0 spiro atoms. The Hall–Kier alpha value is -2.63. The van der Waals surface area contributed by atoms with E-state index in [0.29, 0.717) is 12.3 Å². The zero-order chi connectivity index (χ0) is 19.8. The number of aromatic amines is 1. The first-order chi connectivity index (χ1) is 13.4. The average Bonchev–Trinajstić information content (AvgIpc) is 3.35. The van der Waals surface area contributed by atoms with Gasteiger partial charge in [-0.1, -0.05) is 26.0 Å². The van der Waals surface area contributed by atoms with Gasteiger partial charge in [0, 0.05) is 24.3 Å². The molecule has 148 valence electrons. The van der Waals surface area contributed by atoms with Crippen molar-refractivity contribution in [2.75, 3.05) is 6.54 Å². The molecule has 0 aliphatic carbocycles. The van der Waals surface area contributed by atoms with Crippen molar-refractivity contribution in [1.29, 1.82) is 0 Å². The van der Waals surface area contributed by atoms with E-state index >= 15 is 0 Å². The van der Waals surface area contributed by atoms with Crippen molar-refractivity contribution >= 4 is 16.9 Å². The van der Waals surface area contributed by atoms with Crippen molar-refractivity contribution in [3.05, 3.63) is 47.0 Å². The number of nitrogens with zero attached hydrogens (tertiary/aromatic N) is 4. The van der Waals surface area contributed by atoms with Gasteiger partial charge in [-0.05, 0) is 44.7 Å². The number of rotatable bonds is 5. The summed E-state index contributed by atoms with van der Waals surface area (Å²) in [6, 6.07) is 8.06. The van der Waals surface area contributed by atoms with Gasteiger partial charge in [0.15, 0.2) is 0 Å². The molecule has 1 N–H and O–H groups in total. The second-order valence-corrected chi connectivity index (χ2v) is 8.29. The van der Waals surface area contributed by atoms with Gasteiger partial charge in [-0.2, -0.15) is 5.10 Å². The SMILES string of the molecule is Cc1nn(CC(C)C)c(C)c1CC(=O)N1CCC[C@@H]1c1nc2ccccc2[nH]1. The Morgan fingerprint density at radius 2 is 2.07 bits per heavy atom. The van der Waals surface area contributed by atoms with Crippen LogP contribution in [0.3, 0.4) is 0 Å². The van der Waals surface area contributed by atoms with E-state index in [1.807, 2.05) is 40.8 Å². The first-order valence-electron chi connectivity index (χ1n) is 10.2. The number of imidazole rings is 1. The Morgan fingerprint density at radius 1 is 1.29 bits per heavy atom. The topological polar surface area (TPSA) is 66.8 Å². The summed E-state index contributed by atoms with van der Waals surface area (Å²) < 4.78 is 2.04. The Labute approximate surface area is 166 Å². The number of carbonyl (C=O) groups is 1. The van der Waals surface area contributed by atoms with E-state index in [1.165, 1.54) is 0 Å². The third-order valence-corrected chi connectivity index (χ3v) is 5.69. The molecule has 4 rings (SSSR count). The molecule has 2 aromatic heterocycles. The Bertz CT molecular complexity index is 967. The summed E-state index contributed by atoms with van der Waals surface area (Å²) in [5.74, 6) is 1.59. The lowest BCUT2D eigenvalue weighted by Crippen LogP contribution is -2.32. The van der Waals surface area contributed by atoms with E-state index < -0.39 is 0 Å². The number of carbonyl (C=O) groups excluding carboxylic acids is 1. The maximum atomic E-state index is 13.2. The minimum absolute atomic E-state index is 0.0335. The van der Waals surface area contributed by atoms with Gasteiger partial charge in [0.1, 0.15) is 5.82 Å². The van der Waals surface area contributed by atoms with Gasteiger partial charge in [0.25, 0.3) is 0 Å². The quantitative estimate of drug-likeness (QED) is 0.730. The number of H-pyrrole nitrogens is 1. The number of aryl methyl sites for hydroxylation is 1. The molecule has 1 amide bonds. The lowest BCUT2D eigenvalue weighted by molar-refractivity contribution is -0.131. The third kappa shape index (κ3) is 3.43. The lowest BCUT2D eigenvalue weighted by atomic mass is 10.1. The van der Waals surface area contributed by atoms with Crippen molar-refractivity contribution in [3.63, 3.8) is 0 Å². The van der Waals surface area contributed by atoms with Gasteiger partial charge in [-0.3, -0.25) is 9.48 Å². The molecular weight excluding hydrogens is 350 g/mol. The summed E-state index contributed by atoms with van der Waals surface area (Å²) in [5.41, 5.74) is 5.13. The highest BCUT2D eigenvalue weighted by molar-refractivity contribution is 5.80. The molecule has 1 fully saturated rings. The largest absolute Gasteiger partial charge is 0.340 e. The van der Waals surface area contributed by atoms with E-state index in [0.717, 1.165) is 59.7 Å². The smallest absolute Gasteiger partial charge is 0.227 e. The molecule has 1 aliphatic rings. The fourth-order valence-electron chi connectivity index (χ4n) is 4.25. The zero-order valence-corrected chi connectivity index (χ0v) is 17.2. The Balaban J connectivity index is 1.55. The number of hydrogen-bond acceptors (Lipinski definition) is 3. The first-order valence-corrected chi connectivity index (χ1v) is 10.2. The van der Waals surface area contributed by atoms with Crippen molar-refractivity contribution in [2.24, 2.45) is 5.92 Å². The van der Waals surface area contributed by atoms with E-state index in [-0.39, 0.29) is 11.9 Å². The normalized spacial score (nSPS) is 17.2. The predicted molar refractivity (Wildman–Crippen MR) is 110 cm³/mol. The molecule has 28 heavy (non-hydrogen) atoms. The number of para-hydroxylation sites is 2. The van der Waals surface area contributed by atoms with Crippen LogP contribution >= 0.6 is 0 Å². The van der Waals surface area contributed by atoms with E-state index in [1.54, 1.807) is 0 Å². The van der Waals surface area contributed by atoms with Crippen LogP contribution < -0.4 is 0 Å². The van der Waals surface area contributed by atoms with Crippen LogP contribution in [0.4, 0.5) is 0 Å². The second-order valence-electron chi connectivity index (χ2n) is 8.29. The minimum Gasteiger partial charge on any atom is -0.340 e. The van der Waals surface area contributed by atoms with Crippen LogP contribution in [0, 0.1) is 19.8 Å². The van der Waals surface area contributed by atoms with E-state index in [4.69, 9.17) is 4.98 Å². The maximum Gasteiger partial charge on any atom is 0.227 e. The fourth-order valence-corrected chi connectivity index (χ4v) is 4.25. The van der Waals surface area contributed by atoms with Crippen LogP contribution in [0.2, 0.25) is 0 Å². The Morgan fingerprint density at radius 3 is 2.82 bits per heavy atom. The maximum absolute atomic E-state index is 13.2. The third-order valence-electron chi connectivity index (χ3n) is 5.69. The Kier molecular flexibility index (Phi) is 4.96. The molecular formula is C22H29N5O. The standard InChI is InChI=1S/C22H29N5O/c1-14(2)13-27-16(4)17(15(3)25-27)12-21(28)26-11-7-10-20(26)22-23-18-8-5-6-9-19(18)24-22/h5-6,8-9,14,20H,7,10-13H2,1-4H3,(H,23,24)/t20-/m1/s1. The van der Waals surface area contributed by atoms with Gasteiger partial charge < -0.3 is 9.88 Å². The molecule has 6 heteroatoms. The van der Waals surface area contributed by atoms with Crippen molar-refractivity contribution in [1.82, 2.24) is 24.6 Å². The molecule has 1 aliphatic heterocycles. The molecule has 1 saturated heterocycles. The number of aromatic nitrogens is 4. The monoisotopic (exact) mass is 379 g/mol. The summed E-state index contributed by atoms with van der Waals surface area (Å²) >= 11 is 0. The highest BCUT2D eigenvalue weighted by atomic mass is 16.2. The van der Waals surface area contributed by atoms with Crippen LogP contribution in [-0.2, 0) is 17.8 Å². The minimum atomic E-state index is 0.0335. The summed E-state index contributed by atoms with van der Waals surface area (Å²) in [5, 5.41) is 4.66. The molecule has 0 unspecified atom stereocenters. The van der Waals surface area contributed by atoms with Crippen molar-refractivity contribution < 1.29 is 4.79 Å². The molecule has 6 nitrogen and oxygen atoms in total. The van der Waals surface area contributed by atoms with Crippen molar-refractivity contribution in [2.45, 2.75) is 59.5 Å². The molecule has 0 radical (unpaired) electrons. The van der Waals surface area contributed by atoms with Gasteiger partial charge in [-0.25, -0.2) is 4.98 Å². The summed E-state index contributed by atoms with van der Waals surface area (Å²) in [7, 11) is 0. The van der Waals surface area contributed by atoms with Gasteiger partial charge >= 0.3 is 0 Å². The molecule has 0 bridgehead atoms. The lowest BCUT2D eigenvalue weighted by Gasteiger charge is -2.23. The highest BCUT2D eigenvalue weighted by Gasteiger charge is 2.32. The summed E-state index contributed by atoms with van der Waals surface area (Å²) in [4.78, 5) is 23.3. The van der Waals surface area contributed by atoms with E-state index in [2.05, 4.69) is 30.9 Å². The molecule has 3 aromatic rings. The predicted octanol–water partition coefficient (Wildman–Crippen LogP) is 3.94. The fraction of sp³-hybridized carbons (Fsp3) is 0.500. The summed E-state index contributed by atoms with van der Waals surface area (Å²) in [6.07, 6.45) is 2.38. The molecule has 3 heterocycles. The number of nitrogens with one attached hydrogen (secondary N) is 1. The zero-order valence-electron chi connectivity index (χ0n) is 17.2. The first kappa shape index (κ1) is 18.7. The van der Waals surface area contributed by atoms with Gasteiger partial charge in [0.05, 0.1) is 29.2 Å². The number of benzene rings is 1. The van der Waals surface area contributed by atoms with Crippen LogP contribution in [0.15, 0.2) is 24.3 Å². The number of hydrogen-bond donors (Lipinski definition) is 1. The molecule has 1 aromatic carbocycles. The number of likely N-dealkylation sites (tertiary alicyclic amines) is 1. The van der Waals surface area contributed by atoms with E-state index in [9.17, 15) is 4.79 Å². The van der Waals surface area contributed by atoms with Crippen LogP contribution in [0.25, 0.3) is 11.0 Å². The second kappa shape index (κ2) is 7.41. The summed E-state index contributed by atoms with van der Waals surface area (Å²) in [6.45, 7) is 10.1. The van der Waals surface area contributed by atoms with Gasteiger partial charge in [0.2, 0.25) is 5.91 Å². The number of amides is 1. The average molecular weight is 380 g/mol. The molecule has 0 saturated carbocycles. The molecule has 1 atom stereocenters. The van der Waals surface area contributed by atoms with Gasteiger partial charge in [-0.15, -0.1) is 0 Å². The van der Waals surface area contributed by atoms with Crippen LogP contribution in [-0.4, -0.2) is 37.1 Å². The highest BCUT2D eigenvalue weighted by Crippen LogP contribution is 2.32. The van der Waals surface area contributed by atoms with Crippen LogP contribution in [0.5, 0.6) is 0 Å². The van der Waals surface area contributed by atoms with Crippen LogP contribution in [0.1, 0.15) is 55.5 Å². The van der Waals surface area contributed by atoms with Crippen molar-refractivity contribution in [3.8, 4) is 0 Å². The number of fused-ring (bicyclic) bond motifs is 1.